The zero-order chi connectivity index (χ0) is 13.8. The summed E-state index contributed by atoms with van der Waals surface area (Å²) in [6.45, 7) is 4.00. The van der Waals surface area contributed by atoms with Crippen LogP contribution in [0.4, 0.5) is 4.39 Å². The maximum atomic E-state index is 13.1. The molecule has 4 heteroatoms. The summed E-state index contributed by atoms with van der Waals surface area (Å²) in [4.78, 5) is 9.02. The van der Waals surface area contributed by atoms with E-state index < -0.39 is 0 Å². The molecule has 0 aliphatic heterocycles. The van der Waals surface area contributed by atoms with Crippen LogP contribution >= 0.6 is 15.9 Å². The molecule has 1 heterocycles. The van der Waals surface area contributed by atoms with E-state index in [9.17, 15) is 4.39 Å². The van der Waals surface area contributed by atoms with Gasteiger partial charge < -0.3 is 0 Å². The standard InChI is InChI=1S/C15H16BrFN2/c1-3-4-14-11(8-16)9-18-15(19-14)13-6-5-12(17)7-10(13)2/h5-7,9H,3-4,8H2,1-2H3. The van der Waals surface area contributed by atoms with Crippen molar-refractivity contribution in [3.63, 3.8) is 0 Å². The van der Waals surface area contributed by atoms with Gasteiger partial charge in [0.1, 0.15) is 5.82 Å². The minimum Gasteiger partial charge on any atom is -0.236 e. The van der Waals surface area contributed by atoms with E-state index in [1.807, 2.05) is 13.1 Å². The molecule has 0 aliphatic carbocycles. The van der Waals surface area contributed by atoms with Crippen LogP contribution in [0, 0.1) is 12.7 Å². The first kappa shape index (κ1) is 14.1. The van der Waals surface area contributed by atoms with Crippen LogP contribution in [0.5, 0.6) is 0 Å². The second kappa shape index (κ2) is 6.24. The van der Waals surface area contributed by atoms with Gasteiger partial charge in [-0.3, -0.25) is 0 Å². The predicted octanol–water partition coefficient (Wildman–Crippen LogP) is 4.44. The fourth-order valence-corrected chi connectivity index (χ4v) is 2.48. The fraction of sp³-hybridized carbons (Fsp3) is 0.333. The van der Waals surface area contributed by atoms with Crippen LogP contribution in [0.3, 0.4) is 0 Å². The summed E-state index contributed by atoms with van der Waals surface area (Å²) < 4.78 is 13.1. The summed E-state index contributed by atoms with van der Waals surface area (Å²) in [6, 6.07) is 4.70. The molecule has 1 aromatic carbocycles. The molecule has 2 rings (SSSR count). The Hall–Kier alpha value is -1.29. The van der Waals surface area contributed by atoms with E-state index in [1.54, 1.807) is 6.07 Å². The van der Waals surface area contributed by atoms with Crippen LogP contribution in [0.1, 0.15) is 30.2 Å². The van der Waals surface area contributed by atoms with Crippen LogP contribution in [0.25, 0.3) is 11.4 Å². The van der Waals surface area contributed by atoms with E-state index in [4.69, 9.17) is 0 Å². The lowest BCUT2D eigenvalue weighted by atomic mass is 10.1. The Bertz CT molecular complexity index is 584. The predicted molar refractivity (Wildman–Crippen MR) is 78.8 cm³/mol. The Morgan fingerprint density at radius 2 is 2.11 bits per heavy atom. The molecule has 0 bridgehead atoms. The number of aromatic nitrogens is 2. The lowest BCUT2D eigenvalue weighted by molar-refractivity contribution is 0.627. The highest BCUT2D eigenvalue weighted by atomic mass is 79.9. The van der Waals surface area contributed by atoms with Gasteiger partial charge in [0, 0.05) is 28.3 Å². The number of hydrogen-bond acceptors (Lipinski definition) is 2. The Morgan fingerprint density at radius 3 is 2.74 bits per heavy atom. The topological polar surface area (TPSA) is 25.8 Å². The minimum absolute atomic E-state index is 0.230. The number of halogens is 2. The zero-order valence-corrected chi connectivity index (χ0v) is 12.7. The Morgan fingerprint density at radius 1 is 1.32 bits per heavy atom. The van der Waals surface area contributed by atoms with E-state index in [2.05, 4.69) is 32.8 Å². The van der Waals surface area contributed by atoms with Crippen molar-refractivity contribution in [3.8, 4) is 11.4 Å². The summed E-state index contributed by atoms with van der Waals surface area (Å²) in [5, 5.41) is 0.755. The lowest BCUT2D eigenvalue weighted by Gasteiger charge is -2.09. The number of alkyl halides is 1. The Labute approximate surface area is 121 Å². The molecule has 0 unspecified atom stereocenters. The molecule has 19 heavy (non-hydrogen) atoms. The highest BCUT2D eigenvalue weighted by Gasteiger charge is 2.10. The summed E-state index contributed by atoms with van der Waals surface area (Å²) >= 11 is 3.45. The molecule has 0 saturated carbocycles. The first-order valence-electron chi connectivity index (χ1n) is 6.33. The molecule has 0 fully saturated rings. The van der Waals surface area contributed by atoms with Crippen LogP contribution in [0.15, 0.2) is 24.4 Å². The van der Waals surface area contributed by atoms with Crippen molar-refractivity contribution in [2.24, 2.45) is 0 Å². The summed E-state index contributed by atoms with van der Waals surface area (Å²) in [5.41, 5.74) is 3.92. The third-order valence-corrected chi connectivity index (χ3v) is 3.62. The number of benzene rings is 1. The largest absolute Gasteiger partial charge is 0.236 e. The van der Waals surface area contributed by atoms with Gasteiger partial charge in [-0.25, -0.2) is 14.4 Å². The number of nitrogens with zero attached hydrogens (tertiary/aromatic N) is 2. The van der Waals surface area contributed by atoms with E-state index in [-0.39, 0.29) is 5.82 Å². The fourth-order valence-electron chi connectivity index (χ4n) is 2.01. The van der Waals surface area contributed by atoms with Crippen LogP contribution in [-0.2, 0) is 11.8 Å². The van der Waals surface area contributed by atoms with Crippen molar-refractivity contribution in [1.82, 2.24) is 9.97 Å². The maximum Gasteiger partial charge on any atom is 0.159 e. The third-order valence-electron chi connectivity index (χ3n) is 3.01. The average molecular weight is 323 g/mol. The summed E-state index contributed by atoms with van der Waals surface area (Å²) in [7, 11) is 0. The first-order chi connectivity index (χ1) is 9.15. The lowest BCUT2D eigenvalue weighted by Crippen LogP contribution is -2.01. The SMILES string of the molecule is CCCc1nc(-c2ccc(F)cc2C)ncc1CBr. The molecule has 1 aromatic heterocycles. The van der Waals surface area contributed by atoms with Gasteiger partial charge in [0.05, 0.1) is 0 Å². The van der Waals surface area contributed by atoms with Gasteiger partial charge in [-0.1, -0.05) is 29.3 Å². The molecule has 0 saturated heterocycles. The summed E-state index contributed by atoms with van der Waals surface area (Å²) in [6.07, 6.45) is 3.82. The van der Waals surface area contributed by atoms with E-state index in [0.717, 1.165) is 40.6 Å². The van der Waals surface area contributed by atoms with E-state index >= 15 is 0 Å². The van der Waals surface area contributed by atoms with Crippen molar-refractivity contribution in [2.75, 3.05) is 0 Å². The van der Waals surface area contributed by atoms with Gasteiger partial charge in [-0.2, -0.15) is 0 Å². The van der Waals surface area contributed by atoms with Crippen LogP contribution < -0.4 is 0 Å². The molecule has 0 aliphatic rings. The van der Waals surface area contributed by atoms with Crippen LogP contribution in [-0.4, -0.2) is 9.97 Å². The van der Waals surface area contributed by atoms with Gasteiger partial charge >= 0.3 is 0 Å². The van der Waals surface area contributed by atoms with Gasteiger partial charge in [-0.15, -0.1) is 0 Å². The van der Waals surface area contributed by atoms with Gasteiger partial charge in [0.15, 0.2) is 5.82 Å². The monoisotopic (exact) mass is 322 g/mol. The van der Waals surface area contributed by atoms with Crippen molar-refractivity contribution >= 4 is 15.9 Å². The van der Waals surface area contributed by atoms with Crippen LogP contribution in [0.2, 0.25) is 0 Å². The van der Waals surface area contributed by atoms with Crippen molar-refractivity contribution < 1.29 is 4.39 Å². The second-order valence-electron chi connectivity index (χ2n) is 4.51. The van der Waals surface area contributed by atoms with Crippen molar-refractivity contribution in [3.05, 3.63) is 47.0 Å². The van der Waals surface area contributed by atoms with Gasteiger partial charge in [-0.05, 0) is 37.1 Å². The normalized spacial score (nSPS) is 10.7. The smallest absolute Gasteiger partial charge is 0.159 e. The maximum absolute atomic E-state index is 13.1. The van der Waals surface area contributed by atoms with Crippen molar-refractivity contribution in [2.45, 2.75) is 32.0 Å². The molecule has 2 aromatic rings. The average Bonchev–Trinajstić information content (AvgIpc) is 2.39. The quantitative estimate of drug-likeness (QED) is 0.778. The molecule has 0 amide bonds. The number of hydrogen-bond donors (Lipinski definition) is 0. The van der Waals surface area contributed by atoms with Gasteiger partial charge in [0.2, 0.25) is 0 Å². The molecule has 2 nitrogen and oxygen atoms in total. The number of aryl methyl sites for hydroxylation is 2. The first-order valence-corrected chi connectivity index (χ1v) is 7.45. The molecule has 0 N–H and O–H groups in total. The Balaban J connectivity index is 2.47. The third kappa shape index (κ3) is 3.18. The molecular weight excluding hydrogens is 307 g/mol. The second-order valence-corrected chi connectivity index (χ2v) is 5.07. The van der Waals surface area contributed by atoms with Gasteiger partial charge in [0.25, 0.3) is 0 Å². The minimum atomic E-state index is -0.230. The highest BCUT2D eigenvalue weighted by molar-refractivity contribution is 9.08. The molecule has 0 radical (unpaired) electrons. The van der Waals surface area contributed by atoms with E-state index in [0.29, 0.717) is 5.82 Å². The Kier molecular flexibility index (Phi) is 4.64. The summed E-state index contributed by atoms with van der Waals surface area (Å²) in [5.74, 6) is 0.442. The zero-order valence-electron chi connectivity index (χ0n) is 11.1. The molecule has 0 spiro atoms. The molecular formula is C15H16BrFN2. The van der Waals surface area contributed by atoms with Crippen molar-refractivity contribution in [1.29, 1.82) is 0 Å². The highest BCUT2D eigenvalue weighted by Crippen LogP contribution is 2.22. The van der Waals surface area contributed by atoms with E-state index in [1.165, 1.54) is 12.1 Å². The molecule has 0 atom stereocenters. The number of rotatable bonds is 4. The molecule has 100 valence electrons.